The third-order valence-corrected chi connectivity index (χ3v) is 5.88. The van der Waals surface area contributed by atoms with Crippen molar-refractivity contribution in [2.24, 2.45) is 0 Å². The molecule has 127 valence electrons. The number of thiol groups is 1. The maximum absolute atomic E-state index is 6.14. The molecule has 0 aliphatic carbocycles. The normalized spacial score (nSPS) is 10.8. The summed E-state index contributed by atoms with van der Waals surface area (Å²) in [6.45, 7) is 2.39. The van der Waals surface area contributed by atoms with Crippen molar-refractivity contribution in [3.63, 3.8) is 0 Å². The third kappa shape index (κ3) is 4.52. The van der Waals surface area contributed by atoms with Crippen molar-refractivity contribution in [2.45, 2.75) is 11.8 Å². The van der Waals surface area contributed by atoms with Crippen molar-refractivity contribution >= 4 is 32.0 Å². The minimum Gasteiger partial charge on any atom is -0.456 e. The van der Waals surface area contributed by atoms with Crippen LogP contribution in [0.3, 0.4) is 0 Å². The molecule has 0 aliphatic heterocycles. The quantitative estimate of drug-likeness (QED) is 0.298. The van der Waals surface area contributed by atoms with Crippen LogP contribution >= 0.6 is 12.6 Å². The van der Waals surface area contributed by atoms with Gasteiger partial charge in [0.15, 0.2) is 0 Å². The summed E-state index contributed by atoms with van der Waals surface area (Å²) in [7, 11) is -1.63. The Labute approximate surface area is 155 Å². The van der Waals surface area contributed by atoms with Crippen LogP contribution in [0.5, 0.6) is 11.5 Å². The van der Waals surface area contributed by atoms with Crippen LogP contribution in [0, 0.1) is 0 Å². The van der Waals surface area contributed by atoms with E-state index in [0.717, 1.165) is 21.0 Å². The molecule has 0 unspecified atom stereocenters. The lowest BCUT2D eigenvalue weighted by atomic mass is 10.3. The Morgan fingerprint density at radius 3 is 2.20 bits per heavy atom. The van der Waals surface area contributed by atoms with Gasteiger partial charge in [-0.2, -0.15) is 0 Å². The van der Waals surface area contributed by atoms with Crippen LogP contribution < -0.4 is 15.1 Å². The summed E-state index contributed by atoms with van der Waals surface area (Å²) >= 11 is 4.59. The minimum absolute atomic E-state index is 0.483. The molecule has 3 rings (SSSR count). The zero-order chi connectivity index (χ0) is 17.5. The van der Waals surface area contributed by atoms with E-state index in [-0.39, 0.29) is 0 Å². The standard InChI is InChI=1S/C20H19O3SSi/c1-2-21-23-25(17-12-7-4-8-13-17)19-15-9-14-18(24)20(19)22-16-10-5-3-6-11-16/h3-15,24H,2H2,1H3. The Morgan fingerprint density at radius 2 is 1.52 bits per heavy atom. The second-order valence-electron chi connectivity index (χ2n) is 5.25. The summed E-state index contributed by atoms with van der Waals surface area (Å²) in [6, 6.07) is 25.6. The molecule has 0 atom stereocenters. The average molecular weight is 368 g/mol. The third-order valence-electron chi connectivity index (χ3n) is 3.50. The molecule has 3 aromatic carbocycles. The largest absolute Gasteiger partial charge is 0.456 e. The van der Waals surface area contributed by atoms with Crippen LogP contribution in [0.4, 0.5) is 0 Å². The number of rotatable bonds is 7. The molecular formula is C20H19O3SSi. The maximum Gasteiger partial charge on any atom is 0.334 e. The molecule has 0 saturated heterocycles. The highest BCUT2D eigenvalue weighted by Crippen LogP contribution is 2.26. The van der Waals surface area contributed by atoms with E-state index < -0.39 is 9.04 Å². The van der Waals surface area contributed by atoms with Gasteiger partial charge in [-0.15, -0.1) is 12.6 Å². The summed E-state index contributed by atoms with van der Waals surface area (Å²) in [4.78, 5) is 6.08. The molecule has 0 bridgehead atoms. The van der Waals surface area contributed by atoms with Crippen molar-refractivity contribution in [3.05, 3.63) is 78.9 Å². The van der Waals surface area contributed by atoms with Crippen LogP contribution in [-0.2, 0) is 9.46 Å². The fourth-order valence-corrected chi connectivity index (χ4v) is 4.60. The van der Waals surface area contributed by atoms with Crippen molar-refractivity contribution in [1.29, 1.82) is 0 Å². The highest BCUT2D eigenvalue weighted by Gasteiger charge is 2.26. The average Bonchev–Trinajstić information content (AvgIpc) is 2.66. The summed E-state index contributed by atoms with van der Waals surface area (Å²) < 4.78 is 11.9. The lowest BCUT2D eigenvalue weighted by molar-refractivity contribution is -0.205. The lowest BCUT2D eigenvalue weighted by Gasteiger charge is -2.19. The first kappa shape index (κ1) is 17.8. The van der Waals surface area contributed by atoms with Gasteiger partial charge < -0.3 is 4.74 Å². The number of benzene rings is 3. The molecule has 0 aromatic heterocycles. The van der Waals surface area contributed by atoms with Crippen LogP contribution in [0.2, 0.25) is 0 Å². The number of hydrogen-bond donors (Lipinski definition) is 1. The van der Waals surface area contributed by atoms with Gasteiger partial charge in [0.2, 0.25) is 0 Å². The van der Waals surface area contributed by atoms with E-state index in [1.54, 1.807) is 0 Å². The molecule has 3 aromatic rings. The SMILES string of the molecule is CCOO[Si](c1ccccc1)c1cccc(S)c1Oc1ccccc1. The van der Waals surface area contributed by atoms with Gasteiger partial charge in [0.25, 0.3) is 0 Å². The van der Waals surface area contributed by atoms with Crippen LogP contribution in [-0.4, -0.2) is 15.6 Å². The molecule has 0 aliphatic rings. The van der Waals surface area contributed by atoms with Gasteiger partial charge in [0.05, 0.1) is 6.61 Å². The van der Waals surface area contributed by atoms with Gasteiger partial charge in [0.1, 0.15) is 11.5 Å². The Morgan fingerprint density at radius 1 is 0.840 bits per heavy atom. The fourth-order valence-electron chi connectivity index (χ4n) is 2.37. The molecule has 0 N–H and O–H groups in total. The van der Waals surface area contributed by atoms with Gasteiger partial charge >= 0.3 is 9.04 Å². The van der Waals surface area contributed by atoms with E-state index in [1.165, 1.54) is 0 Å². The molecule has 0 amide bonds. The highest BCUT2D eigenvalue weighted by atomic mass is 32.1. The predicted molar refractivity (Wildman–Crippen MR) is 104 cm³/mol. The number of ether oxygens (including phenoxy) is 1. The molecule has 1 radical (unpaired) electrons. The Kier molecular flexibility index (Phi) is 6.30. The first-order chi connectivity index (χ1) is 12.3. The minimum atomic E-state index is -1.63. The molecule has 3 nitrogen and oxygen atoms in total. The first-order valence-corrected chi connectivity index (χ1v) is 9.92. The number of para-hydroxylation sites is 2. The van der Waals surface area contributed by atoms with E-state index in [2.05, 4.69) is 12.6 Å². The lowest BCUT2D eigenvalue weighted by Crippen LogP contribution is -2.45. The Hall–Kier alpha value is -2.05. The molecule has 5 heteroatoms. The first-order valence-electron chi connectivity index (χ1n) is 8.06. The fraction of sp³-hybridized carbons (Fsp3) is 0.100. The summed E-state index contributed by atoms with van der Waals surface area (Å²) in [5.41, 5.74) is 0. The van der Waals surface area contributed by atoms with Gasteiger partial charge in [-0.05, 0) is 30.3 Å². The zero-order valence-electron chi connectivity index (χ0n) is 13.9. The second-order valence-corrected chi connectivity index (χ2v) is 7.68. The van der Waals surface area contributed by atoms with Crippen molar-refractivity contribution < 1.29 is 14.2 Å². The Balaban J connectivity index is 2.02. The summed E-state index contributed by atoms with van der Waals surface area (Å²) in [5.74, 6) is 1.46. The van der Waals surface area contributed by atoms with E-state index in [0.29, 0.717) is 12.4 Å². The smallest absolute Gasteiger partial charge is 0.334 e. The van der Waals surface area contributed by atoms with E-state index in [1.807, 2.05) is 85.8 Å². The molecule has 0 heterocycles. The van der Waals surface area contributed by atoms with Crippen LogP contribution in [0.25, 0.3) is 0 Å². The van der Waals surface area contributed by atoms with Gasteiger partial charge in [0, 0.05) is 10.1 Å². The maximum atomic E-state index is 6.14. The van der Waals surface area contributed by atoms with Gasteiger partial charge in [-0.3, -0.25) is 4.58 Å². The molecule has 0 spiro atoms. The molecular weight excluding hydrogens is 348 g/mol. The Bertz CT molecular complexity index is 797. The van der Waals surface area contributed by atoms with Gasteiger partial charge in [-0.1, -0.05) is 60.7 Å². The van der Waals surface area contributed by atoms with Crippen LogP contribution in [0.1, 0.15) is 6.92 Å². The van der Waals surface area contributed by atoms with Crippen molar-refractivity contribution in [3.8, 4) is 11.5 Å². The summed E-state index contributed by atoms with van der Waals surface area (Å²) in [6.07, 6.45) is 0. The van der Waals surface area contributed by atoms with E-state index in [4.69, 9.17) is 14.2 Å². The predicted octanol–water partition coefficient (Wildman–Crippen LogP) is 3.84. The van der Waals surface area contributed by atoms with Crippen molar-refractivity contribution in [2.75, 3.05) is 6.61 Å². The molecule has 0 saturated carbocycles. The zero-order valence-corrected chi connectivity index (χ0v) is 15.8. The second kappa shape index (κ2) is 8.87. The van der Waals surface area contributed by atoms with E-state index >= 15 is 0 Å². The topological polar surface area (TPSA) is 27.7 Å². The van der Waals surface area contributed by atoms with Crippen molar-refractivity contribution in [1.82, 2.24) is 0 Å². The number of hydrogen-bond acceptors (Lipinski definition) is 4. The molecule has 0 fully saturated rings. The van der Waals surface area contributed by atoms with E-state index in [9.17, 15) is 0 Å². The summed E-state index contributed by atoms with van der Waals surface area (Å²) in [5, 5.41) is 2.04. The van der Waals surface area contributed by atoms with Gasteiger partial charge in [-0.25, -0.2) is 4.89 Å². The monoisotopic (exact) mass is 367 g/mol. The molecule has 25 heavy (non-hydrogen) atoms. The highest BCUT2D eigenvalue weighted by molar-refractivity contribution is 7.80. The van der Waals surface area contributed by atoms with Crippen LogP contribution in [0.15, 0.2) is 83.8 Å².